The summed E-state index contributed by atoms with van der Waals surface area (Å²) in [5.41, 5.74) is 8.30. The molecular formula is C19H14IN5O. The van der Waals surface area contributed by atoms with Gasteiger partial charge < -0.3 is 10.8 Å². The van der Waals surface area contributed by atoms with Crippen molar-refractivity contribution in [1.82, 2.24) is 0 Å². The molecule has 1 aliphatic heterocycles. The Morgan fingerprint density at radius 2 is 1.96 bits per heavy atom. The van der Waals surface area contributed by atoms with Gasteiger partial charge in [-0.05, 0) is 58.5 Å². The highest BCUT2D eigenvalue weighted by Crippen LogP contribution is 2.29. The molecule has 2 aromatic rings. The summed E-state index contributed by atoms with van der Waals surface area (Å²) in [6.45, 7) is 0. The molecule has 2 atom stereocenters. The number of nitriles is 2. The fraction of sp³-hybridized carbons (Fsp3) is 0.105. The van der Waals surface area contributed by atoms with Crippen LogP contribution in [0.25, 0.3) is 6.08 Å². The van der Waals surface area contributed by atoms with Gasteiger partial charge >= 0.3 is 0 Å². The van der Waals surface area contributed by atoms with Crippen molar-refractivity contribution < 1.29 is 5.11 Å². The fourth-order valence-electron chi connectivity index (χ4n) is 2.66. The highest BCUT2D eigenvalue weighted by Gasteiger charge is 2.37. The van der Waals surface area contributed by atoms with Gasteiger partial charge in [-0.2, -0.15) is 15.6 Å². The average molecular weight is 455 g/mol. The van der Waals surface area contributed by atoms with Gasteiger partial charge in [-0.25, -0.2) is 5.01 Å². The van der Waals surface area contributed by atoms with Crippen LogP contribution in [-0.4, -0.2) is 17.0 Å². The average Bonchev–Trinajstić information content (AvgIpc) is 2.99. The maximum Gasteiger partial charge on any atom is 0.128 e. The topological polar surface area (TPSA) is 109 Å². The summed E-state index contributed by atoms with van der Waals surface area (Å²) in [6.07, 6.45) is 0.973. The molecule has 1 heterocycles. The summed E-state index contributed by atoms with van der Waals surface area (Å²) in [4.78, 5) is 0. The third-order valence-electron chi connectivity index (χ3n) is 3.97. The van der Waals surface area contributed by atoms with Crippen LogP contribution < -0.4 is 10.7 Å². The maximum absolute atomic E-state index is 9.64. The number of halogens is 1. The van der Waals surface area contributed by atoms with Crippen LogP contribution in [0.15, 0.2) is 59.2 Å². The number of benzene rings is 2. The molecule has 0 amide bonds. The molecule has 0 saturated carbocycles. The van der Waals surface area contributed by atoms with E-state index in [-0.39, 0.29) is 11.3 Å². The highest BCUT2D eigenvalue weighted by molar-refractivity contribution is 14.1. The number of phenolic OH excluding ortho intramolecular Hbond substituents is 1. The predicted molar refractivity (Wildman–Crippen MR) is 108 cm³/mol. The normalized spacial score (nSPS) is 19.6. The number of hydrogen-bond acceptors (Lipinski definition) is 6. The van der Waals surface area contributed by atoms with E-state index in [1.807, 2.05) is 52.9 Å². The number of aromatic hydroxyl groups is 1. The number of nitrogens with zero attached hydrogens (tertiary/aromatic N) is 4. The van der Waals surface area contributed by atoms with Crippen LogP contribution in [-0.2, 0) is 0 Å². The molecule has 0 aromatic heterocycles. The Morgan fingerprint density at radius 3 is 2.58 bits per heavy atom. The van der Waals surface area contributed by atoms with E-state index in [2.05, 4.69) is 17.2 Å². The van der Waals surface area contributed by atoms with E-state index < -0.39 is 12.1 Å². The van der Waals surface area contributed by atoms with Crippen LogP contribution in [0.2, 0.25) is 0 Å². The van der Waals surface area contributed by atoms with Gasteiger partial charge in [0.2, 0.25) is 0 Å². The molecule has 26 heavy (non-hydrogen) atoms. The number of hydrogen-bond donors (Lipinski definition) is 2. The van der Waals surface area contributed by atoms with Crippen LogP contribution in [0.4, 0.5) is 5.69 Å². The van der Waals surface area contributed by atoms with E-state index in [1.54, 1.807) is 29.3 Å². The molecule has 0 spiro atoms. The van der Waals surface area contributed by atoms with Crippen LogP contribution >= 0.6 is 22.6 Å². The van der Waals surface area contributed by atoms with Gasteiger partial charge in [0.15, 0.2) is 0 Å². The Labute approximate surface area is 164 Å². The van der Waals surface area contributed by atoms with Gasteiger partial charge in [-0.1, -0.05) is 24.3 Å². The molecule has 6 nitrogen and oxygen atoms in total. The van der Waals surface area contributed by atoms with Gasteiger partial charge in [-0.15, -0.1) is 0 Å². The lowest BCUT2D eigenvalue weighted by atomic mass is 9.95. The molecule has 7 heteroatoms. The van der Waals surface area contributed by atoms with E-state index in [4.69, 9.17) is 5.73 Å². The minimum absolute atomic E-state index is 0.173. The van der Waals surface area contributed by atoms with Gasteiger partial charge in [-0.3, -0.25) is 0 Å². The molecular weight excluding hydrogens is 441 g/mol. The summed E-state index contributed by atoms with van der Waals surface area (Å²) in [5.74, 6) is -0.552. The summed E-state index contributed by atoms with van der Waals surface area (Å²) >= 11 is 2.01. The van der Waals surface area contributed by atoms with E-state index in [9.17, 15) is 15.6 Å². The zero-order valence-corrected chi connectivity index (χ0v) is 15.7. The Morgan fingerprint density at radius 1 is 1.23 bits per heavy atom. The van der Waals surface area contributed by atoms with E-state index in [1.165, 1.54) is 0 Å². The minimum Gasteiger partial charge on any atom is -0.507 e. The van der Waals surface area contributed by atoms with Crippen molar-refractivity contribution in [1.29, 1.82) is 10.5 Å². The molecule has 0 bridgehead atoms. The predicted octanol–water partition coefficient (Wildman–Crippen LogP) is 3.20. The summed E-state index contributed by atoms with van der Waals surface area (Å²) in [6, 6.07) is 18.6. The third kappa shape index (κ3) is 3.40. The van der Waals surface area contributed by atoms with Gasteiger partial charge in [0.1, 0.15) is 23.9 Å². The molecule has 0 aliphatic carbocycles. The Kier molecular flexibility index (Phi) is 5.21. The molecule has 0 radical (unpaired) electrons. The fourth-order valence-corrected chi connectivity index (χ4v) is 3.20. The second-order valence-electron chi connectivity index (χ2n) is 5.64. The first-order valence-corrected chi connectivity index (χ1v) is 8.81. The van der Waals surface area contributed by atoms with Crippen LogP contribution in [0.5, 0.6) is 5.75 Å². The van der Waals surface area contributed by atoms with Crippen molar-refractivity contribution in [2.45, 2.75) is 6.17 Å². The first-order valence-electron chi connectivity index (χ1n) is 7.74. The molecule has 3 rings (SSSR count). The number of anilines is 1. The Hall–Kier alpha value is -2.88. The molecule has 1 aliphatic rings. The quantitative estimate of drug-likeness (QED) is 0.546. The van der Waals surface area contributed by atoms with Crippen LogP contribution in [0.3, 0.4) is 0 Å². The van der Waals surface area contributed by atoms with Crippen molar-refractivity contribution in [3.8, 4) is 17.9 Å². The number of rotatable bonds is 3. The number of allylic oxidation sites excluding steroid dienone is 1. The summed E-state index contributed by atoms with van der Waals surface area (Å²) in [5, 5.41) is 34.8. The van der Waals surface area contributed by atoms with Crippen LogP contribution in [0, 0.1) is 32.2 Å². The van der Waals surface area contributed by atoms with Crippen molar-refractivity contribution >= 4 is 40.1 Å². The summed E-state index contributed by atoms with van der Waals surface area (Å²) < 4.78 is 0.668. The zero-order valence-electron chi connectivity index (χ0n) is 13.5. The minimum atomic E-state index is -0.725. The van der Waals surface area contributed by atoms with Crippen molar-refractivity contribution in [2.75, 3.05) is 5.01 Å². The molecule has 0 saturated heterocycles. The monoisotopic (exact) mass is 455 g/mol. The Bertz CT molecular complexity index is 972. The lowest BCUT2D eigenvalue weighted by Crippen LogP contribution is -2.40. The summed E-state index contributed by atoms with van der Waals surface area (Å²) in [7, 11) is 0. The Balaban J connectivity index is 2.03. The lowest BCUT2D eigenvalue weighted by molar-refractivity contribution is 0.471. The van der Waals surface area contributed by atoms with E-state index in [0.717, 1.165) is 11.3 Å². The first kappa shape index (κ1) is 17.9. The molecule has 128 valence electrons. The number of hydrazone groups is 1. The first-order chi connectivity index (χ1) is 12.5. The van der Waals surface area contributed by atoms with E-state index >= 15 is 0 Å². The van der Waals surface area contributed by atoms with Crippen molar-refractivity contribution in [2.24, 2.45) is 16.8 Å². The van der Waals surface area contributed by atoms with Gasteiger partial charge in [0.25, 0.3) is 0 Å². The number of phenols is 1. The van der Waals surface area contributed by atoms with Crippen LogP contribution in [0.1, 0.15) is 5.56 Å². The van der Waals surface area contributed by atoms with Crippen molar-refractivity contribution in [3.05, 3.63) is 63.2 Å². The SMILES string of the molecule is N#C/C(=C/c1ccc(O)c(I)c1)C1=NN(c2ccccc2)[C@H](N)[C@@H]1C#N. The number of nitrogens with two attached hydrogens (primary N) is 1. The highest BCUT2D eigenvalue weighted by atomic mass is 127. The van der Waals surface area contributed by atoms with Gasteiger partial charge in [0.05, 0.1) is 26.6 Å². The van der Waals surface area contributed by atoms with Crippen molar-refractivity contribution in [3.63, 3.8) is 0 Å². The second kappa shape index (κ2) is 7.56. The molecule has 0 unspecified atom stereocenters. The smallest absolute Gasteiger partial charge is 0.128 e. The number of para-hydroxylation sites is 1. The maximum atomic E-state index is 9.64. The standard InChI is InChI=1S/C19H14IN5O/c20-16-9-12(6-7-17(16)26)8-13(10-21)18-15(11-22)19(23)25(24-18)14-4-2-1-3-5-14/h1-9,15,19,26H,23H2/b13-8-/t15-,19+/m1/s1. The zero-order chi connectivity index (χ0) is 18.7. The van der Waals surface area contributed by atoms with Gasteiger partial charge in [0, 0.05) is 0 Å². The molecule has 3 N–H and O–H groups in total. The molecule has 0 fully saturated rings. The molecule has 2 aromatic carbocycles. The second-order valence-corrected chi connectivity index (χ2v) is 6.81. The largest absolute Gasteiger partial charge is 0.507 e. The lowest BCUT2D eigenvalue weighted by Gasteiger charge is -2.21. The van der Waals surface area contributed by atoms with E-state index in [0.29, 0.717) is 9.28 Å². The third-order valence-corrected chi connectivity index (χ3v) is 4.84.